The summed E-state index contributed by atoms with van der Waals surface area (Å²) in [5, 5.41) is 10.00. The molecule has 1 N–H and O–H groups in total. The lowest BCUT2D eigenvalue weighted by Gasteiger charge is -2.16. The molecule has 226 valence electrons. The second-order valence-corrected chi connectivity index (χ2v) is 11.4. The van der Waals surface area contributed by atoms with Gasteiger partial charge in [-0.25, -0.2) is 23.5 Å². The van der Waals surface area contributed by atoms with Gasteiger partial charge in [-0.3, -0.25) is 4.39 Å². The van der Waals surface area contributed by atoms with E-state index < -0.39 is 29.7 Å². The molecular weight excluding hydrogens is 595 g/mol. The summed E-state index contributed by atoms with van der Waals surface area (Å²) in [6, 6.07) is 16.6. The van der Waals surface area contributed by atoms with Crippen LogP contribution in [0.3, 0.4) is 0 Å². The Balaban J connectivity index is 1.28. The maximum atomic E-state index is 15.5. The number of carboxylic acids is 1. The van der Waals surface area contributed by atoms with Crippen LogP contribution in [0.1, 0.15) is 40.2 Å². The van der Waals surface area contributed by atoms with Gasteiger partial charge in [-0.1, -0.05) is 23.7 Å². The number of imidazole rings is 1. The van der Waals surface area contributed by atoms with Gasteiger partial charge in [0.1, 0.15) is 29.8 Å². The maximum Gasteiger partial charge on any atom is 0.335 e. The summed E-state index contributed by atoms with van der Waals surface area (Å²) in [5.74, 6) is -1.32. The standard InChI is InChI=1S/C33H27ClF3N3O4/c1-43-29-14-22(34)7-5-20(29)16-44-31-4-2-3-26(39-31)23-15-24(36)21(11-25(23)37)13-30-38-27-8-6-19(32(41)42)12-28(27)40(30)18-33(17-35)9-10-33/h2-8,11-12,14-15H,9-10,13,16-18H2,1H3,(H,41,42). The number of carbonyl (C=O) groups is 1. The first-order valence-electron chi connectivity index (χ1n) is 13.9. The van der Waals surface area contributed by atoms with E-state index in [0.29, 0.717) is 40.5 Å². The average Bonchev–Trinajstić information content (AvgIpc) is 3.72. The third kappa shape index (κ3) is 5.94. The van der Waals surface area contributed by atoms with Crippen molar-refractivity contribution in [2.24, 2.45) is 5.41 Å². The van der Waals surface area contributed by atoms with E-state index in [4.69, 9.17) is 21.1 Å². The molecule has 0 aliphatic heterocycles. The highest BCUT2D eigenvalue weighted by atomic mass is 35.5. The van der Waals surface area contributed by atoms with Crippen LogP contribution in [0.2, 0.25) is 5.02 Å². The monoisotopic (exact) mass is 621 g/mol. The Bertz CT molecular complexity index is 1890. The fourth-order valence-corrected chi connectivity index (χ4v) is 5.35. The molecule has 2 heterocycles. The fourth-order valence-electron chi connectivity index (χ4n) is 5.19. The lowest BCUT2D eigenvalue weighted by molar-refractivity contribution is 0.0697. The molecule has 0 amide bonds. The predicted molar refractivity (Wildman–Crippen MR) is 159 cm³/mol. The minimum Gasteiger partial charge on any atom is -0.496 e. The number of aromatic carboxylic acids is 1. The highest BCUT2D eigenvalue weighted by Crippen LogP contribution is 2.48. The molecule has 7 nitrogen and oxygen atoms in total. The minimum absolute atomic E-state index is 0.0465. The highest BCUT2D eigenvalue weighted by molar-refractivity contribution is 6.30. The number of benzene rings is 3. The zero-order chi connectivity index (χ0) is 31.0. The van der Waals surface area contributed by atoms with Crippen molar-refractivity contribution in [3.63, 3.8) is 0 Å². The van der Waals surface area contributed by atoms with Crippen LogP contribution >= 0.6 is 11.6 Å². The van der Waals surface area contributed by atoms with Crippen molar-refractivity contribution in [1.29, 1.82) is 0 Å². The van der Waals surface area contributed by atoms with Crippen LogP contribution < -0.4 is 9.47 Å². The van der Waals surface area contributed by atoms with Gasteiger partial charge in [-0.15, -0.1) is 0 Å². The molecule has 44 heavy (non-hydrogen) atoms. The topological polar surface area (TPSA) is 86.5 Å². The number of ether oxygens (including phenoxy) is 2. The molecule has 3 aromatic carbocycles. The van der Waals surface area contributed by atoms with Crippen molar-refractivity contribution in [2.75, 3.05) is 13.8 Å². The second kappa shape index (κ2) is 11.8. The third-order valence-electron chi connectivity index (χ3n) is 7.92. The van der Waals surface area contributed by atoms with Gasteiger partial charge in [-0.05, 0) is 66.9 Å². The highest BCUT2D eigenvalue weighted by Gasteiger charge is 2.44. The minimum atomic E-state index is -1.11. The molecule has 1 fully saturated rings. The Morgan fingerprint density at radius 1 is 1.02 bits per heavy atom. The summed E-state index contributed by atoms with van der Waals surface area (Å²) < 4.78 is 57.8. The lowest BCUT2D eigenvalue weighted by Crippen LogP contribution is -2.16. The Morgan fingerprint density at radius 2 is 1.84 bits per heavy atom. The second-order valence-electron chi connectivity index (χ2n) is 11.0. The van der Waals surface area contributed by atoms with E-state index in [1.54, 1.807) is 47.0 Å². The molecule has 0 saturated heterocycles. The van der Waals surface area contributed by atoms with E-state index in [9.17, 15) is 14.3 Å². The van der Waals surface area contributed by atoms with Crippen LogP contribution in [0.5, 0.6) is 11.6 Å². The number of hydrogen-bond acceptors (Lipinski definition) is 5. The smallest absolute Gasteiger partial charge is 0.335 e. The van der Waals surface area contributed by atoms with Gasteiger partial charge in [0.2, 0.25) is 5.88 Å². The van der Waals surface area contributed by atoms with E-state index in [-0.39, 0.29) is 47.8 Å². The van der Waals surface area contributed by atoms with Gasteiger partial charge in [-0.2, -0.15) is 0 Å². The van der Waals surface area contributed by atoms with Gasteiger partial charge in [0, 0.05) is 40.6 Å². The number of hydrogen-bond donors (Lipinski definition) is 1. The predicted octanol–water partition coefficient (Wildman–Crippen LogP) is 7.66. The average molecular weight is 622 g/mol. The van der Waals surface area contributed by atoms with E-state index in [2.05, 4.69) is 9.97 Å². The van der Waals surface area contributed by atoms with Gasteiger partial charge in [0.05, 0.1) is 36.1 Å². The quantitative estimate of drug-likeness (QED) is 0.163. The Labute approximate surface area is 255 Å². The molecule has 11 heteroatoms. The summed E-state index contributed by atoms with van der Waals surface area (Å²) in [6.07, 6.45) is 1.28. The Morgan fingerprint density at radius 3 is 2.57 bits per heavy atom. The van der Waals surface area contributed by atoms with Gasteiger partial charge in [0.25, 0.3) is 0 Å². The number of halogens is 4. The van der Waals surface area contributed by atoms with E-state index >= 15 is 8.78 Å². The Kier molecular flexibility index (Phi) is 7.94. The summed E-state index contributed by atoms with van der Waals surface area (Å²) in [6.45, 7) is -0.157. The van der Waals surface area contributed by atoms with Crippen molar-refractivity contribution in [2.45, 2.75) is 32.4 Å². The van der Waals surface area contributed by atoms with Crippen LogP contribution in [0, 0.1) is 17.0 Å². The summed E-state index contributed by atoms with van der Waals surface area (Å²) in [4.78, 5) is 20.6. The molecule has 1 aliphatic rings. The molecule has 1 aliphatic carbocycles. The first-order chi connectivity index (χ1) is 21.2. The molecule has 0 spiro atoms. The van der Waals surface area contributed by atoms with Crippen molar-refractivity contribution in [1.82, 2.24) is 14.5 Å². The third-order valence-corrected chi connectivity index (χ3v) is 8.15. The maximum absolute atomic E-state index is 15.5. The van der Waals surface area contributed by atoms with Crippen LogP contribution in [-0.4, -0.2) is 39.4 Å². The van der Waals surface area contributed by atoms with Crippen LogP contribution in [0.25, 0.3) is 22.3 Å². The first-order valence-corrected chi connectivity index (χ1v) is 14.3. The number of pyridine rings is 1. The first kappa shape index (κ1) is 29.5. The number of methoxy groups -OCH3 is 1. The molecule has 1 saturated carbocycles. The number of nitrogens with zero attached hydrogens (tertiary/aromatic N) is 3. The van der Waals surface area contributed by atoms with E-state index in [1.807, 2.05) is 0 Å². The van der Waals surface area contributed by atoms with E-state index in [0.717, 1.165) is 17.7 Å². The van der Waals surface area contributed by atoms with E-state index in [1.165, 1.54) is 19.2 Å². The van der Waals surface area contributed by atoms with Gasteiger partial charge in [0.15, 0.2) is 0 Å². The summed E-state index contributed by atoms with van der Waals surface area (Å²) in [5.41, 5.74) is 1.41. The SMILES string of the molecule is COc1cc(Cl)ccc1COc1cccc(-c2cc(F)c(Cc3nc4ccc(C(=O)O)cc4n3CC3(CF)CC3)cc2F)n1. The zero-order valence-corrected chi connectivity index (χ0v) is 24.4. The van der Waals surface area contributed by atoms with Crippen molar-refractivity contribution < 1.29 is 32.5 Å². The van der Waals surface area contributed by atoms with Crippen LogP contribution in [-0.2, 0) is 19.6 Å². The van der Waals surface area contributed by atoms with Gasteiger partial charge < -0.3 is 19.1 Å². The van der Waals surface area contributed by atoms with Crippen molar-refractivity contribution in [3.8, 4) is 22.9 Å². The largest absolute Gasteiger partial charge is 0.496 e. The summed E-state index contributed by atoms with van der Waals surface area (Å²) >= 11 is 6.02. The summed E-state index contributed by atoms with van der Waals surface area (Å²) in [7, 11) is 1.52. The number of rotatable bonds is 11. The molecule has 0 unspecified atom stereocenters. The normalized spacial score (nSPS) is 13.7. The number of alkyl halides is 1. The number of carboxylic acid groups (broad SMARTS) is 1. The van der Waals surface area contributed by atoms with Gasteiger partial charge >= 0.3 is 5.97 Å². The lowest BCUT2D eigenvalue weighted by atomic mass is 10.0. The molecule has 5 aromatic rings. The molecular formula is C33H27ClF3N3O4. The molecule has 0 radical (unpaired) electrons. The number of aromatic nitrogens is 3. The van der Waals surface area contributed by atoms with Crippen molar-refractivity contribution in [3.05, 3.63) is 106 Å². The Hall–Kier alpha value is -4.57. The number of fused-ring (bicyclic) bond motifs is 1. The van der Waals surface area contributed by atoms with Crippen molar-refractivity contribution >= 4 is 28.6 Å². The fraction of sp³-hybridized carbons (Fsp3) is 0.242. The molecule has 0 bridgehead atoms. The van der Waals surface area contributed by atoms with Crippen LogP contribution in [0.4, 0.5) is 13.2 Å². The zero-order valence-electron chi connectivity index (χ0n) is 23.6. The molecule has 6 rings (SSSR count). The van der Waals surface area contributed by atoms with Crippen LogP contribution in [0.15, 0.2) is 66.7 Å². The molecule has 2 aromatic heterocycles. The molecule has 0 atom stereocenters.